The van der Waals surface area contributed by atoms with Crippen LogP contribution in [-0.4, -0.2) is 29.1 Å². The summed E-state index contributed by atoms with van der Waals surface area (Å²) in [4.78, 5) is 16.1. The number of hydrogen-bond acceptors (Lipinski definition) is 6. The highest BCUT2D eigenvalue weighted by atomic mass is 35.5. The van der Waals surface area contributed by atoms with Crippen LogP contribution in [-0.2, 0) is 6.61 Å². The molecule has 1 heterocycles. The van der Waals surface area contributed by atoms with E-state index < -0.39 is 0 Å². The summed E-state index contributed by atoms with van der Waals surface area (Å²) >= 11 is 5.86. The minimum absolute atomic E-state index is 0.149. The SMILES string of the molecule is NCCNC(=O)c1ccc(OCc2noc(-c3ccc(Cl)cc3)n2)cc1. The fraction of sp³-hybridized carbons (Fsp3) is 0.167. The van der Waals surface area contributed by atoms with E-state index in [9.17, 15) is 4.79 Å². The molecule has 1 amide bonds. The van der Waals surface area contributed by atoms with E-state index in [0.717, 1.165) is 5.56 Å². The van der Waals surface area contributed by atoms with Crippen LogP contribution in [0.3, 0.4) is 0 Å². The van der Waals surface area contributed by atoms with Gasteiger partial charge in [0.1, 0.15) is 5.75 Å². The quantitative estimate of drug-likeness (QED) is 0.660. The zero-order valence-corrected chi connectivity index (χ0v) is 14.6. The number of hydrogen-bond donors (Lipinski definition) is 2. The first kappa shape index (κ1) is 17.9. The van der Waals surface area contributed by atoms with Gasteiger partial charge < -0.3 is 20.3 Å². The first-order chi connectivity index (χ1) is 12.7. The van der Waals surface area contributed by atoms with E-state index in [0.29, 0.717) is 41.1 Å². The summed E-state index contributed by atoms with van der Waals surface area (Å²) in [5.41, 5.74) is 6.68. The monoisotopic (exact) mass is 372 g/mol. The zero-order valence-electron chi connectivity index (χ0n) is 13.8. The first-order valence-corrected chi connectivity index (χ1v) is 8.33. The average Bonchev–Trinajstić information content (AvgIpc) is 3.14. The van der Waals surface area contributed by atoms with Crippen molar-refractivity contribution in [3.63, 3.8) is 0 Å². The molecule has 134 valence electrons. The zero-order chi connectivity index (χ0) is 18.4. The van der Waals surface area contributed by atoms with Crippen LogP contribution in [0, 0.1) is 0 Å². The molecular formula is C18H17ClN4O3. The smallest absolute Gasteiger partial charge is 0.258 e. The van der Waals surface area contributed by atoms with Crippen molar-refractivity contribution < 1.29 is 14.1 Å². The first-order valence-electron chi connectivity index (χ1n) is 7.95. The fourth-order valence-corrected chi connectivity index (χ4v) is 2.29. The Morgan fingerprint density at radius 1 is 1.15 bits per heavy atom. The van der Waals surface area contributed by atoms with Gasteiger partial charge in [-0.3, -0.25) is 4.79 Å². The molecule has 8 heteroatoms. The maximum absolute atomic E-state index is 11.8. The molecule has 3 aromatic rings. The Morgan fingerprint density at radius 3 is 2.58 bits per heavy atom. The molecule has 0 bridgehead atoms. The van der Waals surface area contributed by atoms with Crippen LogP contribution in [0.4, 0.5) is 0 Å². The summed E-state index contributed by atoms with van der Waals surface area (Å²) in [5.74, 6) is 1.23. The Bertz CT molecular complexity index is 863. The molecule has 0 saturated carbocycles. The number of carbonyl (C=O) groups excluding carboxylic acids is 1. The lowest BCUT2D eigenvalue weighted by Crippen LogP contribution is -2.28. The Kier molecular flexibility index (Phi) is 5.83. The van der Waals surface area contributed by atoms with Crippen LogP contribution >= 0.6 is 11.6 Å². The van der Waals surface area contributed by atoms with E-state index in [-0.39, 0.29) is 12.5 Å². The third-order valence-corrected chi connectivity index (χ3v) is 3.73. The molecule has 0 radical (unpaired) electrons. The van der Waals surface area contributed by atoms with Gasteiger partial charge in [-0.15, -0.1) is 0 Å². The van der Waals surface area contributed by atoms with Crippen LogP contribution in [0.15, 0.2) is 53.1 Å². The Balaban J connectivity index is 1.57. The lowest BCUT2D eigenvalue weighted by molar-refractivity contribution is 0.0954. The highest BCUT2D eigenvalue weighted by Gasteiger charge is 2.10. The number of ether oxygens (including phenoxy) is 1. The molecule has 3 rings (SSSR count). The third kappa shape index (κ3) is 4.59. The van der Waals surface area contributed by atoms with Crippen molar-refractivity contribution in [1.82, 2.24) is 15.5 Å². The molecule has 7 nitrogen and oxygen atoms in total. The fourth-order valence-electron chi connectivity index (χ4n) is 2.16. The van der Waals surface area contributed by atoms with Gasteiger partial charge in [-0.25, -0.2) is 0 Å². The molecule has 0 fully saturated rings. The second kappa shape index (κ2) is 8.46. The third-order valence-electron chi connectivity index (χ3n) is 3.47. The minimum atomic E-state index is -0.173. The molecular weight excluding hydrogens is 356 g/mol. The number of nitrogens with one attached hydrogen (secondary N) is 1. The number of nitrogens with zero attached hydrogens (tertiary/aromatic N) is 2. The van der Waals surface area contributed by atoms with Crippen molar-refractivity contribution in [3.05, 3.63) is 64.9 Å². The molecule has 0 atom stereocenters. The number of amides is 1. The van der Waals surface area contributed by atoms with E-state index in [1.807, 2.05) is 0 Å². The van der Waals surface area contributed by atoms with Crippen LogP contribution in [0.1, 0.15) is 16.2 Å². The van der Waals surface area contributed by atoms with Gasteiger partial charge in [-0.05, 0) is 48.5 Å². The van der Waals surface area contributed by atoms with Gasteiger partial charge in [0.25, 0.3) is 11.8 Å². The number of benzene rings is 2. The minimum Gasteiger partial charge on any atom is -0.485 e. The van der Waals surface area contributed by atoms with Gasteiger partial charge in [0, 0.05) is 29.2 Å². The molecule has 0 saturated heterocycles. The lowest BCUT2D eigenvalue weighted by Gasteiger charge is -2.06. The summed E-state index contributed by atoms with van der Waals surface area (Å²) in [6, 6.07) is 13.9. The molecule has 0 unspecified atom stereocenters. The average molecular weight is 373 g/mol. The number of carbonyl (C=O) groups is 1. The lowest BCUT2D eigenvalue weighted by atomic mass is 10.2. The van der Waals surface area contributed by atoms with E-state index in [1.54, 1.807) is 48.5 Å². The van der Waals surface area contributed by atoms with Crippen LogP contribution in [0.25, 0.3) is 11.5 Å². The predicted molar refractivity (Wildman–Crippen MR) is 96.9 cm³/mol. The molecule has 0 aliphatic rings. The van der Waals surface area contributed by atoms with E-state index >= 15 is 0 Å². The summed E-state index contributed by atoms with van der Waals surface area (Å²) in [6.07, 6.45) is 0. The standard InChI is InChI=1S/C18H17ClN4O3/c19-14-5-1-13(2-6-14)18-22-16(23-26-18)11-25-15-7-3-12(4-8-15)17(24)21-10-9-20/h1-8H,9-11,20H2,(H,21,24). The van der Waals surface area contributed by atoms with Gasteiger partial charge in [-0.2, -0.15) is 4.98 Å². The second-order valence-electron chi connectivity index (χ2n) is 5.38. The van der Waals surface area contributed by atoms with Gasteiger partial charge >= 0.3 is 0 Å². The van der Waals surface area contributed by atoms with Crippen molar-refractivity contribution in [1.29, 1.82) is 0 Å². The van der Waals surface area contributed by atoms with Gasteiger partial charge in [0.2, 0.25) is 5.82 Å². The molecule has 1 aromatic heterocycles. The topological polar surface area (TPSA) is 103 Å². The number of halogens is 1. The maximum Gasteiger partial charge on any atom is 0.258 e. The van der Waals surface area contributed by atoms with Crippen molar-refractivity contribution in [3.8, 4) is 17.2 Å². The van der Waals surface area contributed by atoms with Crippen LogP contribution in [0.2, 0.25) is 5.02 Å². The molecule has 0 aliphatic heterocycles. The Morgan fingerprint density at radius 2 is 1.88 bits per heavy atom. The molecule has 0 aliphatic carbocycles. The predicted octanol–water partition coefficient (Wildman–Crippen LogP) is 2.66. The van der Waals surface area contributed by atoms with Gasteiger partial charge in [0.15, 0.2) is 6.61 Å². The molecule has 2 aromatic carbocycles. The normalized spacial score (nSPS) is 10.5. The van der Waals surface area contributed by atoms with Gasteiger partial charge in [-0.1, -0.05) is 16.8 Å². The summed E-state index contributed by atoms with van der Waals surface area (Å²) in [6.45, 7) is 0.982. The van der Waals surface area contributed by atoms with Crippen molar-refractivity contribution in [2.75, 3.05) is 13.1 Å². The molecule has 26 heavy (non-hydrogen) atoms. The van der Waals surface area contributed by atoms with Crippen LogP contribution in [0.5, 0.6) is 5.75 Å². The number of nitrogens with two attached hydrogens (primary N) is 1. The largest absolute Gasteiger partial charge is 0.485 e. The maximum atomic E-state index is 11.8. The van der Waals surface area contributed by atoms with E-state index in [4.69, 9.17) is 26.6 Å². The molecule has 0 spiro atoms. The van der Waals surface area contributed by atoms with Crippen LogP contribution < -0.4 is 15.8 Å². The number of aromatic nitrogens is 2. The second-order valence-corrected chi connectivity index (χ2v) is 5.82. The molecule has 3 N–H and O–H groups in total. The van der Waals surface area contributed by atoms with E-state index in [1.165, 1.54) is 0 Å². The highest BCUT2D eigenvalue weighted by molar-refractivity contribution is 6.30. The van der Waals surface area contributed by atoms with Crippen molar-refractivity contribution in [2.45, 2.75) is 6.61 Å². The van der Waals surface area contributed by atoms with E-state index in [2.05, 4.69) is 15.5 Å². The van der Waals surface area contributed by atoms with Gasteiger partial charge in [0.05, 0.1) is 0 Å². The Labute approximate surface area is 155 Å². The highest BCUT2D eigenvalue weighted by Crippen LogP contribution is 2.20. The van der Waals surface area contributed by atoms with Crippen molar-refractivity contribution >= 4 is 17.5 Å². The summed E-state index contributed by atoms with van der Waals surface area (Å²) in [7, 11) is 0. The summed E-state index contributed by atoms with van der Waals surface area (Å²) < 4.78 is 10.8. The number of rotatable bonds is 7. The summed E-state index contributed by atoms with van der Waals surface area (Å²) in [5, 5.41) is 7.23. The Hall–Kier alpha value is -2.90. The van der Waals surface area contributed by atoms with Crippen molar-refractivity contribution in [2.24, 2.45) is 5.73 Å².